The van der Waals surface area contributed by atoms with Crippen molar-refractivity contribution in [3.8, 4) is 0 Å². The highest BCUT2D eigenvalue weighted by atomic mass is 35.5. The van der Waals surface area contributed by atoms with Crippen LogP contribution >= 0.6 is 23.2 Å². The first-order valence-electron chi connectivity index (χ1n) is 4.82. The average molecular weight is 247 g/mol. The number of hydrogen-bond acceptors (Lipinski definition) is 2. The van der Waals surface area contributed by atoms with E-state index in [2.05, 4.69) is 24.5 Å². The van der Waals surface area contributed by atoms with E-state index in [0.717, 1.165) is 12.2 Å². The van der Waals surface area contributed by atoms with Gasteiger partial charge in [-0.3, -0.25) is 0 Å². The highest BCUT2D eigenvalue weighted by Crippen LogP contribution is 2.25. The van der Waals surface area contributed by atoms with Crippen LogP contribution in [-0.4, -0.2) is 19.1 Å². The molecule has 0 unspecified atom stereocenters. The summed E-state index contributed by atoms with van der Waals surface area (Å²) in [5.41, 5.74) is 1.03. The van der Waals surface area contributed by atoms with Crippen LogP contribution in [0.4, 0.5) is 5.69 Å². The van der Waals surface area contributed by atoms with Crippen molar-refractivity contribution in [3.63, 3.8) is 0 Å². The summed E-state index contributed by atoms with van der Waals surface area (Å²) in [6.45, 7) is 5.07. The van der Waals surface area contributed by atoms with E-state index in [-0.39, 0.29) is 5.54 Å². The molecule has 84 valence electrons. The van der Waals surface area contributed by atoms with E-state index in [1.54, 1.807) is 6.07 Å². The second-order valence-electron chi connectivity index (χ2n) is 4.12. The topological polar surface area (TPSA) is 24.1 Å². The number of benzene rings is 1. The third-order valence-corrected chi connectivity index (χ3v) is 3.07. The summed E-state index contributed by atoms with van der Waals surface area (Å²) in [5.74, 6) is 0. The van der Waals surface area contributed by atoms with Crippen LogP contribution in [-0.2, 0) is 0 Å². The first-order valence-corrected chi connectivity index (χ1v) is 5.58. The van der Waals surface area contributed by atoms with Gasteiger partial charge in [-0.05, 0) is 39.1 Å². The monoisotopic (exact) mass is 246 g/mol. The lowest BCUT2D eigenvalue weighted by Crippen LogP contribution is -2.42. The molecule has 0 amide bonds. The minimum atomic E-state index is 0.0477. The average Bonchev–Trinajstić information content (AvgIpc) is 2.20. The van der Waals surface area contributed by atoms with Crippen LogP contribution in [0.1, 0.15) is 13.8 Å². The van der Waals surface area contributed by atoms with Gasteiger partial charge in [0.05, 0.1) is 10.0 Å². The van der Waals surface area contributed by atoms with Crippen molar-refractivity contribution in [3.05, 3.63) is 28.2 Å². The normalized spacial score (nSPS) is 11.5. The molecule has 2 nitrogen and oxygen atoms in total. The molecule has 0 aromatic heterocycles. The molecule has 1 aromatic carbocycles. The van der Waals surface area contributed by atoms with Gasteiger partial charge in [0.2, 0.25) is 0 Å². The molecule has 0 heterocycles. The van der Waals surface area contributed by atoms with E-state index in [1.165, 1.54) is 0 Å². The van der Waals surface area contributed by atoms with Gasteiger partial charge in [-0.2, -0.15) is 0 Å². The molecule has 0 spiro atoms. The van der Waals surface area contributed by atoms with Crippen molar-refractivity contribution in [2.45, 2.75) is 19.4 Å². The number of nitrogens with one attached hydrogen (secondary N) is 2. The van der Waals surface area contributed by atoms with Gasteiger partial charge in [-0.25, -0.2) is 0 Å². The molecule has 0 fully saturated rings. The van der Waals surface area contributed by atoms with E-state index >= 15 is 0 Å². The van der Waals surface area contributed by atoms with Crippen molar-refractivity contribution in [2.24, 2.45) is 0 Å². The lowest BCUT2D eigenvalue weighted by atomic mass is 10.1. The lowest BCUT2D eigenvalue weighted by Gasteiger charge is -2.24. The van der Waals surface area contributed by atoms with Gasteiger partial charge in [0.1, 0.15) is 0 Å². The smallest absolute Gasteiger partial charge is 0.0612 e. The first kappa shape index (κ1) is 12.6. The summed E-state index contributed by atoms with van der Waals surface area (Å²) in [6, 6.07) is 5.54. The second-order valence-corrected chi connectivity index (χ2v) is 4.93. The number of likely N-dealkylation sites (N-methyl/N-ethyl adjacent to an activating group) is 1. The minimum Gasteiger partial charge on any atom is -0.383 e. The van der Waals surface area contributed by atoms with Gasteiger partial charge in [-0.15, -0.1) is 0 Å². The van der Waals surface area contributed by atoms with Gasteiger partial charge >= 0.3 is 0 Å². The molecule has 1 aromatic rings. The van der Waals surface area contributed by atoms with Crippen molar-refractivity contribution < 1.29 is 0 Å². The van der Waals surface area contributed by atoms with Gasteiger partial charge in [0.15, 0.2) is 0 Å². The molecule has 4 heteroatoms. The summed E-state index contributed by atoms with van der Waals surface area (Å²) in [5, 5.41) is 7.67. The van der Waals surface area contributed by atoms with Crippen LogP contribution in [0.25, 0.3) is 0 Å². The third-order valence-electron chi connectivity index (χ3n) is 2.33. The lowest BCUT2D eigenvalue weighted by molar-refractivity contribution is 0.448. The largest absolute Gasteiger partial charge is 0.383 e. The number of hydrogen-bond donors (Lipinski definition) is 2. The summed E-state index contributed by atoms with van der Waals surface area (Å²) in [4.78, 5) is 0. The molecule has 0 aliphatic carbocycles. The molecule has 15 heavy (non-hydrogen) atoms. The van der Waals surface area contributed by atoms with Crippen LogP contribution in [0.15, 0.2) is 18.2 Å². The Hall–Kier alpha value is -0.440. The Bertz CT molecular complexity index is 337. The Morgan fingerprint density at radius 2 is 1.87 bits per heavy atom. The standard InChI is InChI=1S/C11H16Cl2N2/c1-11(2,14-3)7-15-8-4-5-9(12)10(13)6-8/h4-6,14-15H,7H2,1-3H3. The zero-order chi connectivity index (χ0) is 11.5. The Labute approximate surface area is 101 Å². The molecule has 2 N–H and O–H groups in total. The maximum atomic E-state index is 5.91. The summed E-state index contributed by atoms with van der Waals surface area (Å²) in [6.07, 6.45) is 0. The summed E-state index contributed by atoms with van der Waals surface area (Å²) in [7, 11) is 1.94. The molecular formula is C11H16Cl2N2. The highest BCUT2D eigenvalue weighted by molar-refractivity contribution is 6.42. The molecule has 0 atom stereocenters. The van der Waals surface area contributed by atoms with Gasteiger partial charge in [0.25, 0.3) is 0 Å². The van der Waals surface area contributed by atoms with Crippen molar-refractivity contribution in [1.29, 1.82) is 0 Å². The minimum absolute atomic E-state index is 0.0477. The maximum Gasteiger partial charge on any atom is 0.0612 e. The van der Waals surface area contributed by atoms with E-state index in [4.69, 9.17) is 23.2 Å². The predicted octanol–water partition coefficient (Wildman–Crippen LogP) is 3.40. The Morgan fingerprint density at radius 1 is 1.20 bits per heavy atom. The van der Waals surface area contributed by atoms with Crippen LogP contribution in [0.5, 0.6) is 0 Å². The fourth-order valence-electron chi connectivity index (χ4n) is 1.02. The molecule has 0 saturated carbocycles. The third kappa shape index (κ3) is 3.90. The molecule has 0 bridgehead atoms. The first-order chi connectivity index (χ1) is 6.94. The van der Waals surface area contributed by atoms with Crippen LogP contribution in [0.2, 0.25) is 10.0 Å². The zero-order valence-corrected chi connectivity index (χ0v) is 10.7. The Morgan fingerprint density at radius 3 is 2.40 bits per heavy atom. The van der Waals surface area contributed by atoms with E-state index in [0.29, 0.717) is 10.0 Å². The van der Waals surface area contributed by atoms with Crippen molar-refractivity contribution >= 4 is 28.9 Å². The molecule has 1 rings (SSSR count). The quantitative estimate of drug-likeness (QED) is 0.852. The van der Waals surface area contributed by atoms with E-state index in [1.807, 2.05) is 19.2 Å². The molecular weight excluding hydrogens is 231 g/mol. The van der Waals surface area contributed by atoms with E-state index in [9.17, 15) is 0 Å². The molecule has 0 radical (unpaired) electrons. The fraction of sp³-hybridized carbons (Fsp3) is 0.455. The number of rotatable bonds is 4. The molecule has 0 saturated heterocycles. The molecule has 0 aliphatic rings. The maximum absolute atomic E-state index is 5.91. The van der Waals surface area contributed by atoms with Gasteiger partial charge < -0.3 is 10.6 Å². The van der Waals surface area contributed by atoms with Crippen LogP contribution < -0.4 is 10.6 Å². The Balaban J connectivity index is 2.62. The van der Waals surface area contributed by atoms with Gasteiger partial charge in [-0.1, -0.05) is 23.2 Å². The Kier molecular flexibility index (Phi) is 4.26. The highest BCUT2D eigenvalue weighted by Gasteiger charge is 2.13. The second kappa shape index (κ2) is 5.06. The van der Waals surface area contributed by atoms with Crippen LogP contribution in [0, 0.1) is 0 Å². The zero-order valence-electron chi connectivity index (χ0n) is 9.20. The SMILES string of the molecule is CNC(C)(C)CNc1ccc(Cl)c(Cl)c1. The fourth-order valence-corrected chi connectivity index (χ4v) is 1.32. The van der Waals surface area contributed by atoms with E-state index < -0.39 is 0 Å². The summed E-state index contributed by atoms with van der Waals surface area (Å²) >= 11 is 11.7. The van der Waals surface area contributed by atoms with Crippen molar-refractivity contribution in [2.75, 3.05) is 18.9 Å². The van der Waals surface area contributed by atoms with Gasteiger partial charge in [0, 0.05) is 17.8 Å². The number of halogens is 2. The summed E-state index contributed by atoms with van der Waals surface area (Å²) < 4.78 is 0. The number of anilines is 1. The predicted molar refractivity (Wildman–Crippen MR) is 68.1 cm³/mol. The van der Waals surface area contributed by atoms with Crippen LogP contribution in [0.3, 0.4) is 0 Å². The molecule has 0 aliphatic heterocycles. The van der Waals surface area contributed by atoms with Crippen molar-refractivity contribution in [1.82, 2.24) is 5.32 Å².